The average molecular weight is 217 g/mol. The van der Waals surface area contributed by atoms with Crippen LogP contribution in [0.2, 0.25) is 0 Å². The predicted molar refractivity (Wildman–Crippen MR) is 64.5 cm³/mol. The standard InChI is InChI=1S/C13H15NO2/c1-14-8-12(16)13-10-5-3-2-4-9(10)6-7-11(13)15/h2-7,12,14-16H,8H2,1H3. The third-order valence-electron chi connectivity index (χ3n) is 2.68. The van der Waals surface area contributed by atoms with Crippen LogP contribution in [0.3, 0.4) is 0 Å². The van der Waals surface area contributed by atoms with E-state index in [0.717, 1.165) is 10.8 Å². The van der Waals surface area contributed by atoms with Crippen molar-refractivity contribution in [3.05, 3.63) is 42.0 Å². The van der Waals surface area contributed by atoms with E-state index in [-0.39, 0.29) is 5.75 Å². The Balaban J connectivity index is 2.61. The van der Waals surface area contributed by atoms with Crippen LogP contribution in [-0.4, -0.2) is 23.8 Å². The first-order valence-corrected chi connectivity index (χ1v) is 5.27. The number of likely N-dealkylation sites (N-methyl/N-ethyl adjacent to an activating group) is 1. The Labute approximate surface area is 94.3 Å². The maximum Gasteiger partial charge on any atom is 0.122 e. The van der Waals surface area contributed by atoms with Crippen LogP contribution in [0.1, 0.15) is 11.7 Å². The third-order valence-corrected chi connectivity index (χ3v) is 2.68. The molecule has 0 bridgehead atoms. The summed E-state index contributed by atoms with van der Waals surface area (Å²) in [7, 11) is 1.77. The second-order valence-electron chi connectivity index (χ2n) is 3.79. The molecule has 3 nitrogen and oxygen atoms in total. The molecule has 1 unspecified atom stereocenters. The number of benzene rings is 2. The summed E-state index contributed by atoms with van der Waals surface area (Å²) in [6.07, 6.45) is -0.698. The Morgan fingerprint density at radius 2 is 1.94 bits per heavy atom. The lowest BCUT2D eigenvalue weighted by atomic mass is 9.99. The number of rotatable bonds is 3. The number of nitrogens with one attached hydrogen (secondary N) is 1. The van der Waals surface area contributed by atoms with Crippen LogP contribution in [0.4, 0.5) is 0 Å². The summed E-state index contributed by atoms with van der Waals surface area (Å²) in [6, 6.07) is 11.2. The van der Waals surface area contributed by atoms with Crippen molar-refractivity contribution in [3.63, 3.8) is 0 Å². The molecule has 0 aromatic heterocycles. The van der Waals surface area contributed by atoms with Gasteiger partial charge < -0.3 is 15.5 Å². The van der Waals surface area contributed by atoms with Gasteiger partial charge in [0.1, 0.15) is 5.75 Å². The highest BCUT2D eigenvalue weighted by Gasteiger charge is 2.14. The number of phenols is 1. The van der Waals surface area contributed by atoms with E-state index in [0.29, 0.717) is 12.1 Å². The Morgan fingerprint density at radius 3 is 2.69 bits per heavy atom. The fourth-order valence-electron chi connectivity index (χ4n) is 1.93. The molecule has 2 aromatic rings. The molecule has 0 saturated heterocycles. The summed E-state index contributed by atoms with van der Waals surface area (Å²) < 4.78 is 0. The van der Waals surface area contributed by atoms with Crippen molar-refractivity contribution >= 4 is 10.8 Å². The first-order valence-electron chi connectivity index (χ1n) is 5.27. The van der Waals surface area contributed by atoms with Gasteiger partial charge >= 0.3 is 0 Å². The Hall–Kier alpha value is -1.58. The third kappa shape index (κ3) is 1.87. The highest BCUT2D eigenvalue weighted by atomic mass is 16.3. The molecular weight excluding hydrogens is 202 g/mol. The highest BCUT2D eigenvalue weighted by molar-refractivity contribution is 5.88. The molecule has 0 aliphatic carbocycles. The molecule has 0 amide bonds. The summed E-state index contributed by atoms with van der Waals surface area (Å²) >= 11 is 0. The molecule has 0 saturated carbocycles. The second-order valence-corrected chi connectivity index (χ2v) is 3.79. The lowest BCUT2D eigenvalue weighted by Gasteiger charge is -2.15. The zero-order valence-corrected chi connectivity index (χ0v) is 9.14. The van der Waals surface area contributed by atoms with Crippen molar-refractivity contribution < 1.29 is 10.2 Å². The quantitative estimate of drug-likeness (QED) is 0.734. The Morgan fingerprint density at radius 1 is 1.19 bits per heavy atom. The number of phenolic OH excluding ortho intramolecular Hbond substituents is 1. The molecule has 3 heteroatoms. The van der Waals surface area contributed by atoms with Gasteiger partial charge in [-0.05, 0) is 23.9 Å². The molecule has 0 spiro atoms. The largest absolute Gasteiger partial charge is 0.508 e. The molecule has 0 fully saturated rings. The van der Waals surface area contributed by atoms with Crippen LogP contribution >= 0.6 is 0 Å². The lowest BCUT2D eigenvalue weighted by molar-refractivity contribution is 0.175. The van der Waals surface area contributed by atoms with Crippen LogP contribution < -0.4 is 5.32 Å². The van der Waals surface area contributed by atoms with E-state index in [4.69, 9.17) is 0 Å². The molecule has 0 aliphatic rings. The summed E-state index contributed by atoms with van der Waals surface area (Å²) in [5, 5.41) is 24.6. The number of aliphatic hydroxyl groups excluding tert-OH is 1. The topological polar surface area (TPSA) is 52.5 Å². The normalized spacial score (nSPS) is 12.9. The van der Waals surface area contributed by atoms with Gasteiger partial charge in [-0.3, -0.25) is 0 Å². The summed E-state index contributed by atoms with van der Waals surface area (Å²) in [5.74, 6) is 0.140. The van der Waals surface area contributed by atoms with Gasteiger partial charge in [-0.2, -0.15) is 0 Å². The van der Waals surface area contributed by atoms with Crippen molar-refractivity contribution in [1.29, 1.82) is 0 Å². The molecule has 0 aliphatic heterocycles. The van der Waals surface area contributed by atoms with Gasteiger partial charge in [0.05, 0.1) is 6.10 Å². The first kappa shape index (κ1) is 10.9. The summed E-state index contributed by atoms with van der Waals surface area (Å²) in [4.78, 5) is 0. The molecule has 1 atom stereocenters. The lowest BCUT2D eigenvalue weighted by Crippen LogP contribution is -2.17. The fourth-order valence-corrected chi connectivity index (χ4v) is 1.93. The van der Waals surface area contributed by atoms with Crippen LogP contribution in [-0.2, 0) is 0 Å². The first-order chi connectivity index (χ1) is 7.74. The van der Waals surface area contributed by atoms with Gasteiger partial charge in [0.25, 0.3) is 0 Å². The van der Waals surface area contributed by atoms with Crippen molar-refractivity contribution in [2.45, 2.75) is 6.10 Å². The molecule has 84 valence electrons. The zero-order valence-electron chi connectivity index (χ0n) is 9.14. The average Bonchev–Trinajstić information content (AvgIpc) is 2.29. The highest BCUT2D eigenvalue weighted by Crippen LogP contribution is 2.31. The number of hydrogen-bond acceptors (Lipinski definition) is 3. The molecule has 2 aromatic carbocycles. The Kier molecular flexibility index (Phi) is 3.08. The van der Waals surface area contributed by atoms with Gasteiger partial charge in [-0.25, -0.2) is 0 Å². The van der Waals surface area contributed by atoms with E-state index >= 15 is 0 Å². The predicted octanol–water partition coefficient (Wildman–Crippen LogP) is 1.80. The summed E-state index contributed by atoms with van der Waals surface area (Å²) in [6.45, 7) is 0.418. The van der Waals surface area contributed by atoms with Gasteiger partial charge in [-0.15, -0.1) is 0 Å². The van der Waals surface area contributed by atoms with Crippen molar-refractivity contribution in [1.82, 2.24) is 5.32 Å². The molecular formula is C13H15NO2. The van der Waals surface area contributed by atoms with Crippen LogP contribution in [0, 0.1) is 0 Å². The van der Waals surface area contributed by atoms with Crippen molar-refractivity contribution in [2.24, 2.45) is 0 Å². The molecule has 0 heterocycles. The van der Waals surface area contributed by atoms with E-state index < -0.39 is 6.10 Å². The van der Waals surface area contributed by atoms with Gasteiger partial charge in [0.15, 0.2) is 0 Å². The monoisotopic (exact) mass is 217 g/mol. The minimum Gasteiger partial charge on any atom is -0.508 e. The number of aromatic hydroxyl groups is 1. The minimum absolute atomic E-state index is 0.140. The smallest absolute Gasteiger partial charge is 0.122 e. The van der Waals surface area contributed by atoms with E-state index in [2.05, 4.69) is 5.32 Å². The van der Waals surface area contributed by atoms with Gasteiger partial charge in [0.2, 0.25) is 0 Å². The van der Waals surface area contributed by atoms with Crippen LogP contribution in [0.5, 0.6) is 5.75 Å². The maximum atomic E-state index is 9.98. The fraction of sp³-hybridized carbons (Fsp3) is 0.231. The number of hydrogen-bond donors (Lipinski definition) is 3. The maximum absolute atomic E-state index is 9.98. The van der Waals surface area contributed by atoms with E-state index in [1.54, 1.807) is 13.1 Å². The molecule has 3 N–H and O–H groups in total. The van der Waals surface area contributed by atoms with E-state index in [1.807, 2.05) is 30.3 Å². The number of fused-ring (bicyclic) bond motifs is 1. The molecule has 0 radical (unpaired) electrons. The molecule has 2 rings (SSSR count). The van der Waals surface area contributed by atoms with Crippen LogP contribution in [0.15, 0.2) is 36.4 Å². The second kappa shape index (κ2) is 4.51. The zero-order chi connectivity index (χ0) is 11.5. The van der Waals surface area contributed by atoms with Gasteiger partial charge in [-0.1, -0.05) is 30.3 Å². The minimum atomic E-state index is -0.698. The van der Waals surface area contributed by atoms with Crippen molar-refractivity contribution in [2.75, 3.05) is 13.6 Å². The Bertz CT molecular complexity index is 496. The van der Waals surface area contributed by atoms with Crippen LogP contribution in [0.25, 0.3) is 10.8 Å². The van der Waals surface area contributed by atoms with E-state index in [1.165, 1.54) is 0 Å². The van der Waals surface area contributed by atoms with E-state index in [9.17, 15) is 10.2 Å². The van der Waals surface area contributed by atoms with Crippen molar-refractivity contribution in [3.8, 4) is 5.75 Å². The number of aliphatic hydroxyl groups is 1. The van der Waals surface area contributed by atoms with Gasteiger partial charge in [0, 0.05) is 12.1 Å². The molecule has 16 heavy (non-hydrogen) atoms. The SMILES string of the molecule is CNCC(O)c1c(O)ccc2ccccc12. The summed E-state index contributed by atoms with van der Waals surface area (Å²) in [5.41, 5.74) is 0.590.